The van der Waals surface area contributed by atoms with Gasteiger partial charge < -0.3 is 10.6 Å². The van der Waals surface area contributed by atoms with Crippen molar-refractivity contribution in [2.45, 2.75) is 33.7 Å². The second-order valence-corrected chi connectivity index (χ2v) is 4.76. The molecular weight excluding hydrogens is 228 g/mol. The fourth-order valence-electron chi connectivity index (χ4n) is 1.33. The van der Waals surface area contributed by atoms with E-state index in [1.54, 1.807) is 24.3 Å². The van der Waals surface area contributed by atoms with Gasteiger partial charge in [0, 0.05) is 17.3 Å². The van der Waals surface area contributed by atoms with E-state index in [1.165, 1.54) is 6.92 Å². The summed E-state index contributed by atoms with van der Waals surface area (Å²) in [6, 6.07) is 6.72. The van der Waals surface area contributed by atoms with E-state index in [0.29, 0.717) is 17.2 Å². The third-order valence-corrected chi connectivity index (χ3v) is 2.91. The minimum atomic E-state index is -0.230. The first kappa shape index (κ1) is 14.2. The largest absolute Gasteiger partial charge is 0.335 e. The Morgan fingerprint density at radius 1 is 1.06 bits per heavy atom. The number of benzene rings is 1. The quantitative estimate of drug-likeness (QED) is 0.804. The fraction of sp³-hybridized carbons (Fsp3) is 0.429. The van der Waals surface area contributed by atoms with Gasteiger partial charge in [0.25, 0.3) is 0 Å². The molecule has 0 bridgehead atoms. The molecule has 98 valence electrons. The normalized spacial score (nSPS) is 12.1. The van der Waals surface area contributed by atoms with Crippen molar-refractivity contribution in [2.75, 3.05) is 5.32 Å². The molecule has 0 saturated carbocycles. The van der Waals surface area contributed by atoms with Crippen LogP contribution < -0.4 is 10.6 Å². The lowest BCUT2D eigenvalue weighted by Crippen LogP contribution is -2.38. The lowest BCUT2D eigenvalue weighted by Gasteiger charge is -2.17. The highest BCUT2D eigenvalue weighted by molar-refractivity contribution is 5.95. The Labute approximate surface area is 108 Å². The number of hydrogen-bond donors (Lipinski definition) is 2. The van der Waals surface area contributed by atoms with Crippen LogP contribution in [0.25, 0.3) is 0 Å². The van der Waals surface area contributed by atoms with Gasteiger partial charge in [-0.15, -0.1) is 0 Å². The van der Waals surface area contributed by atoms with Crippen LogP contribution in [0.1, 0.15) is 38.1 Å². The molecule has 4 heteroatoms. The molecule has 0 saturated heterocycles. The molecule has 0 heterocycles. The summed E-state index contributed by atoms with van der Waals surface area (Å²) in [6.45, 7) is 7.57. The molecule has 1 rings (SSSR count). The van der Waals surface area contributed by atoms with Gasteiger partial charge in [0.1, 0.15) is 0 Å². The monoisotopic (exact) mass is 248 g/mol. The molecule has 0 aliphatic heterocycles. The van der Waals surface area contributed by atoms with E-state index in [-0.39, 0.29) is 17.9 Å². The highest BCUT2D eigenvalue weighted by Gasteiger charge is 2.10. The summed E-state index contributed by atoms with van der Waals surface area (Å²) in [5.74, 6) is 0.398. The van der Waals surface area contributed by atoms with E-state index >= 15 is 0 Å². The first-order valence-corrected chi connectivity index (χ1v) is 6.08. The Kier molecular flexibility index (Phi) is 4.89. The van der Waals surface area contributed by atoms with Crippen molar-refractivity contribution in [1.82, 2.24) is 5.32 Å². The zero-order valence-electron chi connectivity index (χ0n) is 11.3. The maximum Gasteiger partial charge on any atom is 0.319 e. The molecule has 1 aromatic rings. The van der Waals surface area contributed by atoms with Gasteiger partial charge in [-0.3, -0.25) is 4.79 Å². The van der Waals surface area contributed by atoms with Crippen LogP contribution in [-0.2, 0) is 0 Å². The van der Waals surface area contributed by atoms with Gasteiger partial charge in [0.15, 0.2) is 5.78 Å². The average Bonchev–Trinajstić information content (AvgIpc) is 2.29. The molecule has 4 nitrogen and oxygen atoms in total. The van der Waals surface area contributed by atoms with Crippen molar-refractivity contribution in [2.24, 2.45) is 5.92 Å². The lowest BCUT2D eigenvalue weighted by atomic mass is 10.1. The molecule has 18 heavy (non-hydrogen) atoms. The molecule has 2 N–H and O–H groups in total. The zero-order valence-corrected chi connectivity index (χ0v) is 11.3. The van der Waals surface area contributed by atoms with Crippen LogP contribution in [0.3, 0.4) is 0 Å². The third-order valence-electron chi connectivity index (χ3n) is 2.91. The predicted molar refractivity (Wildman–Crippen MR) is 72.9 cm³/mol. The van der Waals surface area contributed by atoms with E-state index in [9.17, 15) is 9.59 Å². The Morgan fingerprint density at radius 2 is 1.61 bits per heavy atom. The van der Waals surface area contributed by atoms with Crippen molar-refractivity contribution in [3.8, 4) is 0 Å². The third kappa shape index (κ3) is 4.20. The van der Waals surface area contributed by atoms with Crippen molar-refractivity contribution >= 4 is 17.5 Å². The lowest BCUT2D eigenvalue weighted by molar-refractivity contribution is 0.101. The second-order valence-electron chi connectivity index (χ2n) is 4.76. The van der Waals surface area contributed by atoms with Gasteiger partial charge in [-0.05, 0) is 44.0 Å². The molecular formula is C14H20N2O2. The van der Waals surface area contributed by atoms with Crippen LogP contribution in [0, 0.1) is 5.92 Å². The molecule has 1 atom stereocenters. The van der Waals surface area contributed by atoms with Crippen molar-refractivity contribution in [3.63, 3.8) is 0 Å². The summed E-state index contributed by atoms with van der Waals surface area (Å²) >= 11 is 0. The van der Waals surface area contributed by atoms with E-state index < -0.39 is 0 Å². The first-order valence-electron chi connectivity index (χ1n) is 6.08. The topological polar surface area (TPSA) is 58.2 Å². The SMILES string of the molecule is CC(=O)c1ccc(NC(=O)NC(C)C(C)C)cc1. The smallest absolute Gasteiger partial charge is 0.319 e. The van der Waals surface area contributed by atoms with Crippen LogP contribution in [0.4, 0.5) is 10.5 Å². The van der Waals surface area contributed by atoms with Gasteiger partial charge in [0.05, 0.1) is 0 Å². The van der Waals surface area contributed by atoms with Crippen molar-refractivity contribution in [1.29, 1.82) is 0 Å². The molecule has 0 spiro atoms. The summed E-state index contributed by atoms with van der Waals surface area (Å²) < 4.78 is 0. The Hall–Kier alpha value is -1.84. The average molecular weight is 248 g/mol. The number of carbonyl (C=O) groups excluding carboxylic acids is 2. The van der Waals surface area contributed by atoms with Crippen LogP contribution >= 0.6 is 0 Å². The Balaban J connectivity index is 2.57. The van der Waals surface area contributed by atoms with E-state index in [2.05, 4.69) is 10.6 Å². The summed E-state index contributed by atoms with van der Waals surface area (Å²) in [4.78, 5) is 22.8. The van der Waals surface area contributed by atoms with Gasteiger partial charge in [0.2, 0.25) is 0 Å². The summed E-state index contributed by atoms with van der Waals surface area (Å²) in [7, 11) is 0. The number of urea groups is 1. The number of ketones is 1. The first-order chi connectivity index (χ1) is 8.40. The summed E-state index contributed by atoms with van der Waals surface area (Å²) in [5.41, 5.74) is 1.31. The zero-order chi connectivity index (χ0) is 13.7. The molecule has 0 aromatic heterocycles. The van der Waals surface area contributed by atoms with E-state index in [0.717, 1.165) is 0 Å². The molecule has 0 aliphatic rings. The molecule has 0 fully saturated rings. The number of amides is 2. The summed E-state index contributed by atoms with van der Waals surface area (Å²) in [5, 5.41) is 5.58. The number of hydrogen-bond acceptors (Lipinski definition) is 2. The fourth-order valence-corrected chi connectivity index (χ4v) is 1.33. The van der Waals surface area contributed by atoms with Gasteiger partial charge in [-0.1, -0.05) is 13.8 Å². The second kappa shape index (κ2) is 6.19. The molecule has 1 aromatic carbocycles. The Morgan fingerprint density at radius 3 is 2.06 bits per heavy atom. The number of anilines is 1. The highest BCUT2D eigenvalue weighted by Crippen LogP contribution is 2.10. The van der Waals surface area contributed by atoms with Crippen LogP contribution in [0.5, 0.6) is 0 Å². The minimum absolute atomic E-state index is 0.0134. The maximum absolute atomic E-state index is 11.7. The summed E-state index contributed by atoms with van der Waals surface area (Å²) in [6.07, 6.45) is 0. The van der Waals surface area contributed by atoms with Gasteiger partial charge >= 0.3 is 6.03 Å². The van der Waals surface area contributed by atoms with Gasteiger partial charge in [-0.2, -0.15) is 0 Å². The number of carbonyl (C=O) groups is 2. The molecule has 0 aliphatic carbocycles. The number of nitrogens with one attached hydrogen (secondary N) is 2. The van der Waals surface area contributed by atoms with Crippen LogP contribution in [-0.4, -0.2) is 17.9 Å². The standard InChI is InChI=1S/C14H20N2O2/c1-9(2)10(3)15-14(18)16-13-7-5-12(6-8-13)11(4)17/h5-10H,1-4H3,(H2,15,16,18). The minimum Gasteiger partial charge on any atom is -0.335 e. The van der Waals surface area contributed by atoms with E-state index in [4.69, 9.17) is 0 Å². The maximum atomic E-state index is 11.7. The van der Waals surface area contributed by atoms with Crippen molar-refractivity contribution in [3.05, 3.63) is 29.8 Å². The molecule has 1 unspecified atom stereocenters. The predicted octanol–water partition coefficient (Wildman–Crippen LogP) is 3.06. The van der Waals surface area contributed by atoms with E-state index in [1.807, 2.05) is 20.8 Å². The van der Waals surface area contributed by atoms with Crippen LogP contribution in [0.15, 0.2) is 24.3 Å². The Bertz CT molecular complexity index is 424. The number of Topliss-reactive ketones (excluding diaryl/α,β-unsaturated/α-hetero) is 1. The van der Waals surface area contributed by atoms with Crippen molar-refractivity contribution < 1.29 is 9.59 Å². The molecule has 2 amide bonds. The number of rotatable bonds is 4. The molecule has 0 radical (unpaired) electrons. The highest BCUT2D eigenvalue weighted by atomic mass is 16.2. The van der Waals surface area contributed by atoms with Crippen LogP contribution in [0.2, 0.25) is 0 Å². The van der Waals surface area contributed by atoms with Gasteiger partial charge in [-0.25, -0.2) is 4.79 Å².